The topological polar surface area (TPSA) is 77.9 Å². The highest BCUT2D eigenvalue weighted by atomic mass is 16.5. The van der Waals surface area contributed by atoms with Crippen LogP contribution in [0, 0.1) is 0 Å². The standard InChI is InChI=1S/C6H10N2O2/c1-2-10-5(4-7)3-6(8)9/h3-4,7H,2H2,1H3,(H2,8,9)/p+1. The molecule has 0 bridgehead atoms. The van der Waals surface area contributed by atoms with Crippen LogP contribution in [0.5, 0.6) is 0 Å². The van der Waals surface area contributed by atoms with E-state index in [-0.39, 0.29) is 0 Å². The zero-order valence-electron chi connectivity index (χ0n) is 5.83. The molecule has 4 heteroatoms. The van der Waals surface area contributed by atoms with Gasteiger partial charge in [0.25, 0.3) is 0 Å². The van der Waals surface area contributed by atoms with Crippen LogP contribution in [0.15, 0.2) is 11.8 Å². The molecule has 0 spiro atoms. The Morgan fingerprint density at radius 2 is 2.40 bits per heavy atom. The summed E-state index contributed by atoms with van der Waals surface area (Å²) in [5.74, 6) is -0.264. The lowest BCUT2D eigenvalue weighted by molar-refractivity contribution is -0.114. The molecular formula is C6H11N2O2+. The molecule has 0 aromatic rings. The van der Waals surface area contributed by atoms with Crippen LogP contribution in [-0.2, 0) is 9.53 Å². The minimum atomic E-state index is -0.565. The van der Waals surface area contributed by atoms with Crippen LogP contribution in [0.25, 0.3) is 0 Å². The van der Waals surface area contributed by atoms with Gasteiger partial charge in [-0.2, -0.15) is 0 Å². The summed E-state index contributed by atoms with van der Waals surface area (Å²) in [6.45, 7) is 2.26. The van der Waals surface area contributed by atoms with E-state index in [2.05, 4.69) is 0 Å². The average molecular weight is 143 g/mol. The molecule has 0 aromatic carbocycles. The Balaban J connectivity index is 4.03. The van der Waals surface area contributed by atoms with Gasteiger partial charge in [0.15, 0.2) is 5.76 Å². The smallest absolute Gasteiger partial charge is 0.245 e. The predicted octanol–water partition coefficient (Wildman–Crippen LogP) is -1.78. The Bertz CT molecular complexity index is 163. The van der Waals surface area contributed by atoms with Crippen LogP contribution < -0.4 is 11.1 Å². The second kappa shape index (κ2) is 4.55. The molecule has 0 unspecified atom stereocenters. The van der Waals surface area contributed by atoms with Crippen molar-refractivity contribution < 1.29 is 14.9 Å². The van der Waals surface area contributed by atoms with Gasteiger partial charge in [0.2, 0.25) is 12.1 Å². The number of hydrogen-bond donors (Lipinski definition) is 2. The fraction of sp³-hybridized carbons (Fsp3) is 0.333. The van der Waals surface area contributed by atoms with Crippen LogP contribution in [0.1, 0.15) is 6.92 Å². The van der Waals surface area contributed by atoms with Crippen molar-refractivity contribution in [3.63, 3.8) is 0 Å². The zero-order chi connectivity index (χ0) is 7.98. The molecule has 10 heavy (non-hydrogen) atoms. The van der Waals surface area contributed by atoms with E-state index < -0.39 is 5.91 Å². The van der Waals surface area contributed by atoms with Crippen molar-refractivity contribution in [2.45, 2.75) is 6.92 Å². The van der Waals surface area contributed by atoms with Crippen LogP contribution >= 0.6 is 0 Å². The Morgan fingerprint density at radius 1 is 1.80 bits per heavy atom. The molecule has 1 amide bonds. The normalized spacial score (nSPS) is 10.7. The largest absolute Gasteiger partial charge is 0.488 e. The first kappa shape index (κ1) is 8.68. The van der Waals surface area contributed by atoms with E-state index in [0.717, 1.165) is 6.08 Å². The van der Waals surface area contributed by atoms with E-state index in [4.69, 9.17) is 15.9 Å². The SMILES string of the molecule is CCOC(C=[NH2+])=CC(N)=O. The van der Waals surface area contributed by atoms with Gasteiger partial charge in [-0.1, -0.05) is 0 Å². The Kier molecular flexibility index (Phi) is 3.95. The molecular weight excluding hydrogens is 132 g/mol. The first-order valence-electron chi connectivity index (χ1n) is 2.89. The summed E-state index contributed by atoms with van der Waals surface area (Å²) >= 11 is 0. The van der Waals surface area contributed by atoms with Gasteiger partial charge in [-0.05, 0) is 6.92 Å². The second-order valence-corrected chi connectivity index (χ2v) is 1.55. The van der Waals surface area contributed by atoms with Crippen molar-refractivity contribution in [1.82, 2.24) is 0 Å². The molecule has 0 aromatic heterocycles. The van der Waals surface area contributed by atoms with E-state index in [1.165, 1.54) is 6.21 Å². The Labute approximate surface area is 59.2 Å². The number of amides is 1. The minimum absolute atomic E-state index is 0.301. The lowest BCUT2D eigenvalue weighted by Crippen LogP contribution is -2.31. The third-order valence-corrected chi connectivity index (χ3v) is 0.760. The summed E-state index contributed by atoms with van der Waals surface area (Å²) in [5, 5.41) is 5.08. The van der Waals surface area contributed by atoms with E-state index >= 15 is 0 Å². The van der Waals surface area contributed by atoms with Gasteiger partial charge in [-0.3, -0.25) is 10.2 Å². The maximum atomic E-state index is 10.2. The highest BCUT2D eigenvalue weighted by Crippen LogP contribution is 1.89. The molecule has 4 nitrogen and oxygen atoms in total. The van der Waals surface area contributed by atoms with Crippen molar-refractivity contribution in [2.24, 2.45) is 5.73 Å². The van der Waals surface area contributed by atoms with Crippen molar-refractivity contribution in [3.8, 4) is 0 Å². The maximum absolute atomic E-state index is 10.2. The molecule has 0 rings (SSSR count). The van der Waals surface area contributed by atoms with Gasteiger partial charge in [0, 0.05) is 0 Å². The Morgan fingerprint density at radius 3 is 2.70 bits per heavy atom. The van der Waals surface area contributed by atoms with Crippen molar-refractivity contribution in [3.05, 3.63) is 11.8 Å². The van der Waals surface area contributed by atoms with Crippen LogP contribution in [0.2, 0.25) is 0 Å². The highest BCUT2D eigenvalue weighted by Gasteiger charge is 1.96. The molecule has 0 saturated carbocycles. The molecule has 56 valence electrons. The second-order valence-electron chi connectivity index (χ2n) is 1.55. The fourth-order valence-electron chi connectivity index (χ4n) is 0.445. The maximum Gasteiger partial charge on any atom is 0.245 e. The van der Waals surface area contributed by atoms with Crippen LogP contribution in [-0.4, -0.2) is 18.7 Å². The van der Waals surface area contributed by atoms with Gasteiger partial charge in [0.1, 0.15) is 0 Å². The van der Waals surface area contributed by atoms with Crippen molar-refractivity contribution in [1.29, 1.82) is 0 Å². The monoisotopic (exact) mass is 143 g/mol. The number of carbonyl (C=O) groups excluding carboxylic acids is 1. The molecule has 0 aliphatic heterocycles. The molecule has 0 heterocycles. The number of nitrogens with two attached hydrogens (primary N) is 2. The fourth-order valence-corrected chi connectivity index (χ4v) is 0.445. The number of allylic oxidation sites excluding steroid dienone is 1. The quantitative estimate of drug-likeness (QED) is 0.277. The summed E-state index contributed by atoms with van der Waals surface area (Å²) in [4.78, 5) is 10.2. The summed E-state index contributed by atoms with van der Waals surface area (Å²) in [6.07, 6.45) is 2.32. The molecule has 0 aliphatic rings. The highest BCUT2D eigenvalue weighted by molar-refractivity contribution is 5.91. The molecule has 0 atom stereocenters. The molecule has 0 radical (unpaired) electrons. The van der Waals surface area contributed by atoms with Crippen molar-refractivity contribution >= 4 is 12.1 Å². The summed E-state index contributed by atoms with van der Waals surface area (Å²) in [6, 6.07) is 0. The number of rotatable bonds is 4. The van der Waals surface area contributed by atoms with Gasteiger partial charge in [-0.25, -0.2) is 0 Å². The van der Waals surface area contributed by atoms with Gasteiger partial charge < -0.3 is 10.5 Å². The van der Waals surface area contributed by atoms with E-state index in [1.54, 1.807) is 6.92 Å². The van der Waals surface area contributed by atoms with Gasteiger partial charge in [-0.15, -0.1) is 0 Å². The number of hydrogen-bond acceptors (Lipinski definition) is 2. The first-order chi connectivity index (χ1) is 4.70. The van der Waals surface area contributed by atoms with Gasteiger partial charge >= 0.3 is 0 Å². The number of primary amides is 1. The number of carbonyl (C=O) groups is 1. The summed E-state index contributed by atoms with van der Waals surface area (Å²) < 4.78 is 4.88. The lowest BCUT2D eigenvalue weighted by atomic mass is 10.4. The Hall–Kier alpha value is -1.32. The molecule has 0 fully saturated rings. The van der Waals surface area contributed by atoms with Crippen LogP contribution in [0.4, 0.5) is 0 Å². The van der Waals surface area contributed by atoms with Crippen LogP contribution in [0.3, 0.4) is 0 Å². The van der Waals surface area contributed by atoms with Crippen molar-refractivity contribution in [2.75, 3.05) is 6.61 Å². The lowest BCUT2D eigenvalue weighted by Gasteiger charge is -1.96. The number of ether oxygens (including phenoxy) is 1. The minimum Gasteiger partial charge on any atom is -0.488 e. The molecule has 0 saturated heterocycles. The molecule has 0 aliphatic carbocycles. The van der Waals surface area contributed by atoms with E-state index in [9.17, 15) is 4.79 Å². The zero-order valence-corrected chi connectivity index (χ0v) is 5.83. The molecule has 4 N–H and O–H groups in total. The third kappa shape index (κ3) is 3.65. The average Bonchev–Trinajstić information content (AvgIpc) is 1.86. The van der Waals surface area contributed by atoms with E-state index in [0.29, 0.717) is 12.4 Å². The first-order valence-corrected chi connectivity index (χ1v) is 2.89. The summed E-state index contributed by atoms with van der Waals surface area (Å²) in [7, 11) is 0. The predicted molar refractivity (Wildman–Crippen MR) is 36.9 cm³/mol. The van der Waals surface area contributed by atoms with E-state index in [1.807, 2.05) is 0 Å². The van der Waals surface area contributed by atoms with Gasteiger partial charge in [0.05, 0.1) is 12.7 Å². The third-order valence-electron chi connectivity index (χ3n) is 0.760. The summed E-state index contributed by atoms with van der Waals surface area (Å²) in [5.41, 5.74) is 4.83.